The molecule has 1 aliphatic carbocycles. The number of carbonyl (C=O) groups excluding carboxylic acids is 1. The second-order valence-corrected chi connectivity index (χ2v) is 9.89. The summed E-state index contributed by atoms with van der Waals surface area (Å²) in [6.07, 6.45) is 2.97. The fourth-order valence-electron chi connectivity index (χ4n) is 5.44. The van der Waals surface area contributed by atoms with Crippen LogP contribution in [0.3, 0.4) is 0 Å². The van der Waals surface area contributed by atoms with Crippen LogP contribution in [0.25, 0.3) is 0 Å². The first-order valence-corrected chi connectivity index (χ1v) is 12.9. The first-order valence-electron chi connectivity index (χ1n) is 12.9. The van der Waals surface area contributed by atoms with Crippen LogP contribution in [0.4, 0.5) is 11.6 Å². The lowest BCUT2D eigenvalue weighted by atomic mass is 9.82. The van der Waals surface area contributed by atoms with Gasteiger partial charge in [0.1, 0.15) is 17.6 Å². The van der Waals surface area contributed by atoms with E-state index in [0.717, 1.165) is 57.5 Å². The number of esters is 1. The van der Waals surface area contributed by atoms with Gasteiger partial charge in [0.25, 0.3) is 0 Å². The molecule has 1 saturated heterocycles. The SMILES string of the molecule is CCOC(=O)C1C(C)=Nc2c(c(N3CCN(CCc4ccccc4)CC3)nc(=O)n2C2CC2)C1C. The summed E-state index contributed by atoms with van der Waals surface area (Å²) in [5.74, 6) is 0.515. The zero-order chi connectivity index (χ0) is 24.5. The van der Waals surface area contributed by atoms with E-state index in [2.05, 4.69) is 39.0 Å². The van der Waals surface area contributed by atoms with Crippen molar-refractivity contribution in [3.63, 3.8) is 0 Å². The minimum atomic E-state index is -0.458. The molecule has 1 saturated carbocycles. The number of aliphatic imine (C=N–C) groups is 1. The van der Waals surface area contributed by atoms with Gasteiger partial charge in [-0.15, -0.1) is 0 Å². The fraction of sp³-hybridized carbons (Fsp3) is 0.556. The van der Waals surface area contributed by atoms with Crippen molar-refractivity contribution in [2.24, 2.45) is 10.9 Å². The van der Waals surface area contributed by atoms with E-state index in [9.17, 15) is 9.59 Å². The lowest BCUT2D eigenvalue weighted by Crippen LogP contribution is -2.48. The second kappa shape index (κ2) is 9.93. The molecule has 1 aromatic carbocycles. The number of anilines is 1. The van der Waals surface area contributed by atoms with Gasteiger partial charge in [0, 0.05) is 56.0 Å². The third-order valence-corrected chi connectivity index (χ3v) is 7.49. The Kier molecular flexibility index (Phi) is 6.73. The summed E-state index contributed by atoms with van der Waals surface area (Å²) in [4.78, 5) is 40.1. The van der Waals surface area contributed by atoms with Gasteiger partial charge in [-0.3, -0.25) is 14.3 Å². The smallest absolute Gasteiger partial charge is 0.351 e. The Morgan fingerprint density at radius 2 is 1.83 bits per heavy atom. The number of ether oxygens (including phenoxy) is 1. The normalized spacial score (nSPS) is 22.5. The molecule has 8 nitrogen and oxygen atoms in total. The molecule has 0 amide bonds. The van der Waals surface area contributed by atoms with E-state index in [-0.39, 0.29) is 23.6 Å². The second-order valence-electron chi connectivity index (χ2n) is 9.89. The summed E-state index contributed by atoms with van der Waals surface area (Å²) < 4.78 is 7.15. The molecule has 0 N–H and O–H groups in total. The van der Waals surface area contributed by atoms with Crippen molar-refractivity contribution >= 4 is 23.3 Å². The summed E-state index contributed by atoms with van der Waals surface area (Å²) in [6.45, 7) is 10.5. The van der Waals surface area contributed by atoms with Gasteiger partial charge < -0.3 is 9.64 Å². The molecule has 186 valence electrons. The third kappa shape index (κ3) is 4.76. The largest absolute Gasteiger partial charge is 0.465 e. The third-order valence-electron chi connectivity index (χ3n) is 7.49. The van der Waals surface area contributed by atoms with Gasteiger partial charge in [0.15, 0.2) is 0 Å². The number of rotatable bonds is 7. The van der Waals surface area contributed by atoms with Crippen LogP contribution in [0, 0.1) is 5.92 Å². The summed E-state index contributed by atoms with van der Waals surface area (Å²) in [7, 11) is 0. The van der Waals surface area contributed by atoms with Crippen molar-refractivity contribution < 1.29 is 9.53 Å². The van der Waals surface area contributed by atoms with Crippen LogP contribution in [0.5, 0.6) is 0 Å². The number of nitrogens with zero attached hydrogens (tertiary/aromatic N) is 5. The van der Waals surface area contributed by atoms with E-state index < -0.39 is 5.92 Å². The number of carbonyl (C=O) groups is 1. The summed E-state index contributed by atoms with van der Waals surface area (Å²) >= 11 is 0. The lowest BCUT2D eigenvalue weighted by Gasteiger charge is -2.38. The molecule has 3 heterocycles. The standard InChI is InChI=1S/C27H35N5O3/c1-4-35-26(33)22-18(2)23-24(29-27(34)32(21-10-11-21)25(23)28-19(22)3)31-16-14-30(15-17-31)13-12-20-8-6-5-7-9-20/h5-9,18,21-22H,4,10-17H2,1-3H3. The molecule has 2 atom stereocenters. The Hall–Kier alpha value is -3.00. The molecule has 1 aromatic heterocycles. The van der Waals surface area contributed by atoms with Crippen molar-refractivity contribution in [1.29, 1.82) is 0 Å². The molecule has 2 fully saturated rings. The monoisotopic (exact) mass is 477 g/mol. The minimum absolute atomic E-state index is 0.161. The molecule has 35 heavy (non-hydrogen) atoms. The topological polar surface area (TPSA) is 80.0 Å². The number of benzene rings is 1. The van der Waals surface area contributed by atoms with Gasteiger partial charge in [0.2, 0.25) is 0 Å². The van der Waals surface area contributed by atoms with E-state index >= 15 is 0 Å². The van der Waals surface area contributed by atoms with Crippen LogP contribution in [0.1, 0.15) is 56.7 Å². The molecule has 2 unspecified atom stereocenters. The van der Waals surface area contributed by atoms with E-state index in [0.29, 0.717) is 24.0 Å². The number of aromatic nitrogens is 2. The lowest BCUT2D eigenvalue weighted by molar-refractivity contribution is -0.146. The zero-order valence-electron chi connectivity index (χ0n) is 20.9. The number of fused-ring (bicyclic) bond motifs is 1. The van der Waals surface area contributed by atoms with Gasteiger partial charge in [-0.25, -0.2) is 9.79 Å². The van der Waals surface area contributed by atoms with E-state index in [4.69, 9.17) is 9.73 Å². The highest BCUT2D eigenvalue weighted by Gasteiger charge is 2.41. The Labute approximate surface area is 206 Å². The van der Waals surface area contributed by atoms with Crippen molar-refractivity contribution in [2.75, 3.05) is 44.2 Å². The van der Waals surface area contributed by atoms with E-state index in [1.165, 1.54) is 5.56 Å². The molecule has 0 spiro atoms. The van der Waals surface area contributed by atoms with Gasteiger partial charge >= 0.3 is 11.7 Å². The van der Waals surface area contributed by atoms with Gasteiger partial charge in [-0.1, -0.05) is 37.3 Å². The molecule has 8 heteroatoms. The predicted molar refractivity (Wildman–Crippen MR) is 137 cm³/mol. The van der Waals surface area contributed by atoms with Crippen molar-refractivity contribution in [3.8, 4) is 0 Å². The summed E-state index contributed by atoms with van der Waals surface area (Å²) in [5.41, 5.74) is 2.74. The highest BCUT2D eigenvalue weighted by Crippen LogP contribution is 2.46. The highest BCUT2D eigenvalue weighted by atomic mass is 16.5. The summed E-state index contributed by atoms with van der Waals surface area (Å²) in [6, 6.07) is 10.7. The predicted octanol–water partition coefficient (Wildman–Crippen LogP) is 3.33. The maximum absolute atomic E-state index is 13.1. The first kappa shape index (κ1) is 23.7. The quantitative estimate of drug-likeness (QED) is 0.569. The highest BCUT2D eigenvalue weighted by molar-refractivity contribution is 6.04. The van der Waals surface area contributed by atoms with E-state index in [1.807, 2.05) is 26.8 Å². The molecule has 2 aliphatic heterocycles. The van der Waals surface area contributed by atoms with Crippen LogP contribution >= 0.6 is 0 Å². The van der Waals surface area contributed by atoms with Gasteiger partial charge in [-0.2, -0.15) is 4.98 Å². The zero-order valence-corrected chi connectivity index (χ0v) is 20.9. The fourth-order valence-corrected chi connectivity index (χ4v) is 5.44. The van der Waals surface area contributed by atoms with Crippen LogP contribution in [-0.4, -0.2) is 65.5 Å². The average molecular weight is 478 g/mol. The Morgan fingerprint density at radius 1 is 1.11 bits per heavy atom. The Morgan fingerprint density at radius 3 is 2.49 bits per heavy atom. The molecular formula is C27H35N5O3. The van der Waals surface area contributed by atoms with Crippen LogP contribution in [0.2, 0.25) is 0 Å². The number of hydrogen-bond donors (Lipinski definition) is 0. The maximum Gasteiger partial charge on any atom is 0.351 e. The Bertz CT molecular complexity index is 1160. The number of piperazine rings is 1. The van der Waals surface area contributed by atoms with E-state index in [1.54, 1.807) is 4.57 Å². The molecular weight excluding hydrogens is 442 g/mol. The van der Waals surface area contributed by atoms with Crippen LogP contribution < -0.4 is 10.6 Å². The van der Waals surface area contributed by atoms with Crippen molar-refractivity contribution in [2.45, 2.75) is 52.0 Å². The first-order chi connectivity index (χ1) is 17.0. The average Bonchev–Trinajstić information content (AvgIpc) is 3.68. The van der Waals surface area contributed by atoms with Crippen LogP contribution in [-0.2, 0) is 16.0 Å². The molecule has 5 rings (SSSR count). The number of hydrogen-bond acceptors (Lipinski definition) is 7. The molecule has 2 aromatic rings. The maximum atomic E-state index is 13.1. The van der Waals surface area contributed by atoms with Crippen molar-refractivity contribution in [3.05, 3.63) is 51.9 Å². The van der Waals surface area contributed by atoms with Gasteiger partial charge in [-0.05, 0) is 38.7 Å². The molecule has 0 radical (unpaired) electrons. The summed E-state index contributed by atoms with van der Waals surface area (Å²) in [5, 5.41) is 0. The van der Waals surface area contributed by atoms with Crippen LogP contribution in [0.15, 0.2) is 40.1 Å². The van der Waals surface area contributed by atoms with Gasteiger partial charge in [0.05, 0.1) is 6.61 Å². The minimum Gasteiger partial charge on any atom is -0.465 e. The molecule has 3 aliphatic rings. The Balaban J connectivity index is 1.41. The van der Waals surface area contributed by atoms with Crippen molar-refractivity contribution in [1.82, 2.24) is 14.5 Å². The molecule has 0 bridgehead atoms.